The number of thiophene rings is 1. The molecule has 5 heteroatoms. The summed E-state index contributed by atoms with van der Waals surface area (Å²) in [5.41, 5.74) is 5.14. The molecule has 1 N–H and O–H groups in total. The van der Waals surface area contributed by atoms with Gasteiger partial charge in [-0.1, -0.05) is 24.3 Å². The van der Waals surface area contributed by atoms with E-state index < -0.39 is 0 Å². The van der Waals surface area contributed by atoms with Crippen molar-refractivity contribution in [3.05, 3.63) is 63.5 Å². The topological polar surface area (TPSA) is 45.2 Å². The SMILES string of the molecule is O=C(NC1CCN(C2CC2)CC1)c1c2c(nc3ccccc13)/C(=C/c1cccs1)CC2. The monoisotopic (exact) mass is 429 g/mol. The number of hydrogen-bond donors (Lipinski definition) is 1. The van der Waals surface area contributed by atoms with Crippen LogP contribution in [0.25, 0.3) is 22.6 Å². The van der Waals surface area contributed by atoms with E-state index in [4.69, 9.17) is 4.98 Å². The number of benzene rings is 1. The second kappa shape index (κ2) is 7.88. The Labute approximate surface area is 187 Å². The highest BCUT2D eigenvalue weighted by Gasteiger charge is 2.33. The highest BCUT2D eigenvalue weighted by molar-refractivity contribution is 7.10. The Hall–Kier alpha value is -2.50. The van der Waals surface area contributed by atoms with E-state index in [0.717, 1.165) is 72.5 Å². The van der Waals surface area contributed by atoms with Crippen LogP contribution < -0.4 is 5.32 Å². The molecule has 1 saturated carbocycles. The average Bonchev–Trinajstić information content (AvgIpc) is 3.38. The molecule has 3 heterocycles. The van der Waals surface area contributed by atoms with Crippen molar-refractivity contribution in [3.63, 3.8) is 0 Å². The van der Waals surface area contributed by atoms with Crippen molar-refractivity contribution in [2.45, 2.75) is 50.6 Å². The average molecular weight is 430 g/mol. The molecule has 0 spiro atoms. The molecule has 1 aliphatic heterocycles. The Morgan fingerprint density at radius 3 is 2.68 bits per heavy atom. The molecule has 2 aromatic heterocycles. The highest BCUT2D eigenvalue weighted by Crippen LogP contribution is 2.38. The van der Waals surface area contributed by atoms with Crippen LogP contribution in [-0.2, 0) is 6.42 Å². The van der Waals surface area contributed by atoms with Crippen molar-refractivity contribution in [1.29, 1.82) is 0 Å². The Kier molecular flexibility index (Phi) is 4.88. The van der Waals surface area contributed by atoms with Crippen LogP contribution in [0, 0.1) is 0 Å². The Balaban J connectivity index is 1.33. The molecule has 0 unspecified atom stereocenters. The molecule has 2 aliphatic carbocycles. The summed E-state index contributed by atoms with van der Waals surface area (Å²) >= 11 is 1.74. The molecule has 158 valence electrons. The molecule has 2 fully saturated rings. The number of carbonyl (C=O) groups excluding carboxylic acids is 1. The lowest BCUT2D eigenvalue weighted by Gasteiger charge is -2.32. The van der Waals surface area contributed by atoms with Gasteiger partial charge >= 0.3 is 0 Å². The lowest BCUT2D eigenvalue weighted by atomic mass is 9.98. The molecule has 1 aromatic carbocycles. The third-order valence-corrected chi connectivity index (χ3v) is 7.78. The first kappa shape index (κ1) is 19.2. The minimum Gasteiger partial charge on any atom is -0.349 e. The summed E-state index contributed by atoms with van der Waals surface area (Å²) in [4.78, 5) is 22.4. The lowest BCUT2D eigenvalue weighted by molar-refractivity contribution is 0.0910. The van der Waals surface area contributed by atoms with E-state index in [1.165, 1.54) is 23.3 Å². The minimum absolute atomic E-state index is 0.0806. The van der Waals surface area contributed by atoms with Crippen molar-refractivity contribution in [2.24, 2.45) is 0 Å². The van der Waals surface area contributed by atoms with Crippen LogP contribution in [0.2, 0.25) is 0 Å². The van der Waals surface area contributed by atoms with Gasteiger partial charge in [0.15, 0.2) is 0 Å². The van der Waals surface area contributed by atoms with Gasteiger partial charge in [0.1, 0.15) is 0 Å². The number of fused-ring (bicyclic) bond motifs is 2. The number of piperidine rings is 1. The van der Waals surface area contributed by atoms with E-state index in [-0.39, 0.29) is 11.9 Å². The summed E-state index contributed by atoms with van der Waals surface area (Å²) < 4.78 is 0. The molecular formula is C26H27N3OS. The molecular weight excluding hydrogens is 402 g/mol. The zero-order valence-corrected chi connectivity index (χ0v) is 18.5. The Bertz CT molecular complexity index is 1150. The first-order chi connectivity index (χ1) is 15.3. The van der Waals surface area contributed by atoms with E-state index in [0.29, 0.717) is 0 Å². The molecule has 0 atom stereocenters. The first-order valence-electron chi connectivity index (χ1n) is 11.5. The molecule has 0 bridgehead atoms. The number of likely N-dealkylation sites (tertiary alicyclic amines) is 1. The molecule has 6 rings (SSSR count). The number of rotatable bonds is 4. The van der Waals surface area contributed by atoms with Crippen LogP contribution in [0.15, 0.2) is 41.8 Å². The molecule has 1 amide bonds. The van der Waals surface area contributed by atoms with Gasteiger partial charge in [-0.15, -0.1) is 11.3 Å². The Morgan fingerprint density at radius 1 is 1.06 bits per heavy atom. The predicted octanol–water partition coefficient (Wildman–Crippen LogP) is 5.14. The van der Waals surface area contributed by atoms with Gasteiger partial charge in [-0.05, 0) is 73.3 Å². The smallest absolute Gasteiger partial charge is 0.252 e. The van der Waals surface area contributed by atoms with E-state index in [1.807, 2.05) is 24.3 Å². The first-order valence-corrected chi connectivity index (χ1v) is 12.4. The van der Waals surface area contributed by atoms with Crippen LogP contribution in [0.3, 0.4) is 0 Å². The van der Waals surface area contributed by atoms with Gasteiger partial charge < -0.3 is 10.2 Å². The number of para-hydroxylation sites is 1. The van der Waals surface area contributed by atoms with Gasteiger partial charge in [0.05, 0.1) is 16.8 Å². The van der Waals surface area contributed by atoms with Crippen LogP contribution in [0.1, 0.15) is 58.6 Å². The number of nitrogens with one attached hydrogen (secondary N) is 1. The van der Waals surface area contributed by atoms with E-state index in [9.17, 15) is 4.79 Å². The zero-order valence-electron chi connectivity index (χ0n) is 17.6. The molecule has 0 radical (unpaired) electrons. The number of aromatic nitrogens is 1. The molecule has 3 aromatic rings. The quantitative estimate of drug-likeness (QED) is 0.625. The number of hydrogen-bond acceptors (Lipinski definition) is 4. The van der Waals surface area contributed by atoms with Crippen molar-refractivity contribution < 1.29 is 4.79 Å². The third kappa shape index (κ3) is 3.70. The maximum atomic E-state index is 13.6. The van der Waals surface area contributed by atoms with Gasteiger partial charge in [0, 0.05) is 35.4 Å². The Morgan fingerprint density at radius 2 is 1.90 bits per heavy atom. The summed E-state index contributed by atoms with van der Waals surface area (Å²) in [7, 11) is 0. The minimum atomic E-state index is 0.0806. The van der Waals surface area contributed by atoms with Crippen molar-refractivity contribution >= 4 is 39.8 Å². The number of carbonyl (C=O) groups is 1. The van der Waals surface area contributed by atoms with Crippen LogP contribution >= 0.6 is 11.3 Å². The van der Waals surface area contributed by atoms with Crippen molar-refractivity contribution in [1.82, 2.24) is 15.2 Å². The van der Waals surface area contributed by atoms with E-state index >= 15 is 0 Å². The number of nitrogens with zero attached hydrogens (tertiary/aromatic N) is 2. The standard InChI is InChI=1S/C26H27N3OS/c30-26(27-18-11-13-29(14-12-18)19-8-9-19)24-21-5-1-2-6-23(21)28-25-17(7-10-22(24)25)16-20-4-3-15-31-20/h1-6,15-16,18-19H,7-14H2,(H,27,30)/b17-16+. The molecule has 3 aliphatic rings. The van der Waals surface area contributed by atoms with Crippen molar-refractivity contribution in [2.75, 3.05) is 13.1 Å². The van der Waals surface area contributed by atoms with E-state index in [1.54, 1.807) is 11.3 Å². The second-order valence-electron chi connectivity index (χ2n) is 9.03. The van der Waals surface area contributed by atoms with Crippen LogP contribution in [0.5, 0.6) is 0 Å². The summed E-state index contributed by atoms with van der Waals surface area (Å²) in [6.45, 7) is 2.22. The molecule has 31 heavy (non-hydrogen) atoms. The van der Waals surface area contributed by atoms with Gasteiger partial charge in [0.25, 0.3) is 5.91 Å². The summed E-state index contributed by atoms with van der Waals surface area (Å²) in [5, 5.41) is 6.47. The van der Waals surface area contributed by atoms with Gasteiger partial charge in [-0.25, -0.2) is 4.98 Å². The van der Waals surface area contributed by atoms with Gasteiger partial charge in [-0.3, -0.25) is 4.79 Å². The second-order valence-corrected chi connectivity index (χ2v) is 10.0. The number of amides is 1. The maximum absolute atomic E-state index is 13.6. The third-order valence-electron chi connectivity index (χ3n) is 6.96. The summed E-state index contributed by atoms with van der Waals surface area (Å²) in [5.74, 6) is 0.0806. The number of allylic oxidation sites excluding steroid dienone is 1. The summed E-state index contributed by atoms with van der Waals surface area (Å²) in [6, 6.07) is 13.4. The highest BCUT2D eigenvalue weighted by atomic mass is 32.1. The summed E-state index contributed by atoms with van der Waals surface area (Å²) in [6.07, 6.45) is 8.88. The van der Waals surface area contributed by atoms with Gasteiger partial charge in [0.2, 0.25) is 0 Å². The van der Waals surface area contributed by atoms with Crippen LogP contribution in [-0.4, -0.2) is 41.0 Å². The van der Waals surface area contributed by atoms with Gasteiger partial charge in [-0.2, -0.15) is 0 Å². The predicted molar refractivity (Wildman–Crippen MR) is 127 cm³/mol. The molecule has 4 nitrogen and oxygen atoms in total. The molecule has 1 saturated heterocycles. The van der Waals surface area contributed by atoms with E-state index in [2.05, 4.69) is 33.8 Å². The fraction of sp³-hybridized carbons (Fsp3) is 0.385. The zero-order chi connectivity index (χ0) is 20.8. The van der Waals surface area contributed by atoms with Crippen molar-refractivity contribution in [3.8, 4) is 0 Å². The normalized spacial score (nSPS) is 21.0. The lowest BCUT2D eigenvalue weighted by Crippen LogP contribution is -2.45. The largest absolute Gasteiger partial charge is 0.349 e. The maximum Gasteiger partial charge on any atom is 0.252 e. The fourth-order valence-electron chi connectivity index (χ4n) is 5.19. The fourth-order valence-corrected chi connectivity index (χ4v) is 5.87. The number of pyridine rings is 1. The van der Waals surface area contributed by atoms with Crippen LogP contribution in [0.4, 0.5) is 0 Å².